The largest absolute Gasteiger partial charge is 0.463 e. The number of halogens is 1. The number of hydrazone groups is 1. The van der Waals surface area contributed by atoms with Crippen LogP contribution < -0.4 is 10.7 Å². The maximum Gasteiger partial charge on any atom is 0.240 e. The number of aromatic amines is 1. The quantitative estimate of drug-likeness (QED) is 0.287. The van der Waals surface area contributed by atoms with E-state index in [2.05, 4.69) is 31.0 Å². The van der Waals surface area contributed by atoms with E-state index < -0.39 is 0 Å². The second-order valence-electron chi connectivity index (χ2n) is 5.37. The van der Waals surface area contributed by atoms with Gasteiger partial charge in [-0.2, -0.15) is 10.1 Å². The topological polar surface area (TPSA) is 108 Å². The summed E-state index contributed by atoms with van der Waals surface area (Å²) in [6, 6.07) is 11.1. The van der Waals surface area contributed by atoms with Crippen molar-refractivity contribution in [2.24, 2.45) is 5.10 Å². The molecule has 0 aliphatic rings. The molecule has 3 aromatic rings. The molecule has 0 unspecified atom stereocenters. The molecule has 0 fully saturated rings. The minimum absolute atomic E-state index is 0.0795. The van der Waals surface area contributed by atoms with Crippen LogP contribution in [0.25, 0.3) is 0 Å². The normalized spacial score (nSPS) is 11.0. The van der Waals surface area contributed by atoms with Crippen LogP contribution in [0.4, 0.5) is 5.95 Å². The number of furan rings is 1. The maximum absolute atomic E-state index is 11.9. The number of amides is 1. The van der Waals surface area contributed by atoms with E-state index in [9.17, 15) is 4.79 Å². The van der Waals surface area contributed by atoms with E-state index in [4.69, 9.17) is 16.0 Å². The second-order valence-corrected chi connectivity index (χ2v) is 6.75. The van der Waals surface area contributed by atoms with Crippen LogP contribution in [0.15, 0.2) is 57.3 Å². The molecular weight excluding hydrogens is 388 g/mol. The summed E-state index contributed by atoms with van der Waals surface area (Å²) >= 11 is 7.08. The molecule has 0 aliphatic carbocycles. The van der Waals surface area contributed by atoms with Gasteiger partial charge in [-0.3, -0.25) is 4.79 Å². The molecule has 0 radical (unpaired) electrons. The number of thioether (sulfide) groups is 1. The molecule has 1 aromatic carbocycles. The lowest BCUT2D eigenvalue weighted by atomic mass is 10.1. The fourth-order valence-corrected chi connectivity index (χ4v) is 2.82. The number of nitrogens with one attached hydrogen (secondary N) is 3. The summed E-state index contributed by atoms with van der Waals surface area (Å²) in [5, 5.41) is 14.7. The Kier molecular flexibility index (Phi) is 6.89. The first-order valence-corrected chi connectivity index (χ1v) is 9.44. The lowest BCUT2D eigenvalue weighted by Gasteiger charge is -2.04. The molecule has 1 amide bonds. The van der Waals surface area contributed by atoms with Gasteiger partial charge in [-0.15, -0.1) is 5.10 Å². The fraction of sp³-hybridized carbons (Fsp3) is 0.176. The molecule has 27 heavy (non-hydrogen) atoms. The number of anilines is 1. The van der Waals surface area contributed by atoms with E-state index in [-0.39, 0.29) is 11.7 Å². The zero-order chi connectivity index (χ0) is 18.9. The number of benzene rings is 1. The first-order valence-electron chi connectivity index (χ1n) is 8.08. The number of aromatic nitrogens is 3. The number of H-pyrrole nitrogens is 1. The van der Waals surface area contributed by atoms with Crippen LogP contribution in [0.3, 0.4) is 0 Å². The monoisotopic (exact) mass is 404 g/mol. The van der Waals surface area contributed by atoms with Crippen molar-refractivity contribution in [3.05, 3.63) is 59.0 Å². The second kappa shape index (κ2) is 9.79. The molecule has 3 rings (SSSR count). The Hall–Kier alpha value is -2.78. The zero-order valence-electron chi connectivity index (χ0n) is 14.2. The zero-order valence-corrected chi connectivity index (χ0v) is 15.8. The number of carbonyl (C=O) groups excluding carboxylic acids is 1. The summed E-state index contributed by atoms with van der Waals surface area (Å²) < 4.78 is 5.12. The molecule has 0 atom stereocenters. The molecule has 2 heterocycles. The highest BCUT2D eigenvalue weighted by Gasteiger charge is 2.07. The first kappa shape index (κ1) is 19.0. The maximum atomic E-state index is 11.9. The average molecular weight is 405 g/mol. The van der Waals surface area contributed by atoms with Gasteiger partial charge in [0.2, 0.25) is 17.0 Å². The third-order valence-corrected chi connectivity index (χ3v) is 4.45. The van der Waals surface area contributed by atoms with Crippen LogP contribution in [-0.2, 0) is 11.2 Å². The fourth-order valence-electron chi connectivity index (χ4n) is 2.06. The van der Waals surface area contributed by atoms with Crippen molar-refractivity contribution in [2.75, 3.05) is 17.7 Å². The molecule has 0 spiro atoms. The van der Waals surface area contributed by atoms with Gasteiger partial charge in [0.25, 0.3) is 0 Å². The Morgan fingerprint density at radius 2 is 2.19 bits per heavy atom. The summed E-state index contributed by atoms with van der Waals surface area (Å²) in [6.45, 7) is 0.559. The Morgan fingerprint density at radius 1 is 1.33 bits per heavy atom. The van der Waals surface area contributed by atoms with Crippen molar-refractivity contribution < 1.29 is 9.21 Å². The summed E-state index contributed by atoms with van der Waals surface area (Å²) in [7, 11) is 0. The van der Waals surface area contributed by atoms with Crippen LogP contribution in [0.2, 0.25) is 5.02 Å². The van der Waals surface area contributed by atoms with Crippen LogP contribution in [-0.4, -0.2) is 39.6 Å². The van der Waals surface area contributed by atoms with E-state index in [0.29, 0.717) is 28.4 Å². The van der Waals surface area contributed by atoms with Gasteiger partial charge in [0.1, 0.15) is 5.76 Å². The highest BCUT2D eigenvalue weighted by atomic mass is 35.5. The van der Waals surface area contributed by atoms with Crippen LogP contribution in [0.1, 0.15) is 11.3 Å². The minimum atomic E-state index is -0.0795. The van der Waals surface area contributed by atoms with Crippen molar-refractivity contribution in [3.63, 3.8) is 0 Å². The smallest absolute Gasteiger partial charge is 0.240 e. The van der Waals surface area contributed by atoms with E-state index in [0.717, 1.165) is 12.0 Å². The van der Waals surface area contributed by atoms with Crippen LogP contribution in [0, 0.1) is 0 Å². The van der Waals surface area contributed by atoms with E-state index >= 15 is 0 Å². The van der Waals surface area contributed by atoms with Crippen molar-refractivity contribution >= 4 is 41.4 Å². The van der Waals surface area contributed by atoms with Gasteiger partial charge >= 0.3 is 0 Å². The van der Waals surface area contributed by atoms with Crippen LogP contribution >= 0.6 is 23.4 Å². The summed E-state index contributed by atoms with van der Waals surface area (Å²) in [5.41, 5.74) is 3.82. The van der Waals surface area contributed by atoms with Gasteiger partial charge in [-0.05, 0) is 36.2 Å². The Morgan fingerprint density at radius 3 is 2.96 bits per heavy atom. The lowest BCUT2D eigenvalue weighted by molar-refractivity contribution is -0.118. The standard InChI is InChI=1S/C17H17ClN6O2S/c18-13-5-3-12(4-6-13)7-8-19-15(25)11-27-17-21-16(23-24-17)22-20-10-14-2-1-9-26-14/h1-6,9-10H,7-8,11H2,(H,19,25)(H2,21,22,23,24)/b20-10-. The number of rotatable bonds is 9. The molecule has 8 nitrogen and oxygen atoms in total. The molecular formula is C17H17ClN6O2S. The highest BCUT2D eigenvalue weighted by Crippen LogP contribution is 2.13. The highest BCUT2D eigenvalue weighted by molar-refractivity contribution is 7.99. The predicted octanol–water partition coefficient (Wildman–Crippen LogP) is 2.95. The number of hydrogen-bond donors (Lipinski definition) is 3. The lowest BCUT2D eigenvalue weighted by Crippen LogP contribution is -2.27. The van der Waals surface area contributed by atoms with Crippen molar-refractivity contribution in [3.8, 4) is 0 Å². The van der Waals surface area contributed by atoms with Crippen molar-refractivity contribution in [1.29, 1.82) is 0 Å². The number of hydrogen-bond acceptors (Lipinski definition) is 7. The van der Waals surface area contributed by atoms with Gasteiger partial charge in [0, 0.05) is 11.6 Å². The number of nitrogens with zero attached hydrogens (tertiary/aromatic N) is 3. The molecule has 0 aliphatic heterocycles. The van der Waals surface area contributed by atoms with Gasteiger partial charge < -0.3 is 9.73 Å². The van der Waals surface area contributed by atoms with Gasteiger partial charge in [-0.1, -0.05) is 35.5 Å². The Labute approximate surface area is 164 Å². The van der Waals surface area contributed by atoms with Gasteiger partial charge in [0.05, 0.1) is 18.2 Å². The van der Waals surface area contributed by atoms with Crippen LogP contribution in [0.5, 0.6) is 0 Å². The number of carbonyl (C=O) groups is 1. The van der Waals surface area contributed by atoms with Gasteiger partial charge in [0.15, 0.2) is 0 Å². The molecule has 0 bridgehead atoms. The molecule has 0 saturated carbocycles. The van der Waals surface area contributed by atoms with Gasteiger partial charge in [-0.25, -0.2) is 10.5 Å². The third kappa shape index (κ3) is 6.46. The minimum Gasteiger partial charge on any atom is -0.463 e. The summed E-state index contributed by atoms with van der Waals surface area (Å²) in [6.07, 6.45) is 3.82. The summed E-state index contributed by atoms with van der Waals surface area (Å²) in [5.74, 6) is 1.15. The molecule has 3 N–H and O–H groups in total. The molecule has 10 heteroatoms. The summed E-state index contributed by atoms with van der Waals surface area (Å²) in [4.78, 5) is 16.1. The average Bonchev–Trinajstić information content (AvgIpc) is 3.34. The first-order chi connectivity index (χ1) is 13.2. The van der Waals surface area contributed by atoms with Crippen molar-refractivity contribution in [2.45, 2.75) is 11.6 Å². The van der Waals surface area contributed by atoms with E-state index in [1.807, 2.05) is 24.3 Å². The Balaban J connectivity index is 1.35. The molecule has 140 valence electrons. The van der Waals surface area contributed by atoms with E-state index in [1.165, 1.54) is 18.0 Å². The SMILES string of the molecule is O=C(CSc1n[nH]c(N/N=C\c2ccco2)n1)NCCc1ccc(Cl)cc1. The third-order valence-electron chi connectivity index (χ3n) is 3.35. The Bertz CT molecular complexity index is 879. The van der Waals surface area contributed by atoms with Crippen molar-refractivity contribution in [1.82, 2.24) is 20.5 Å². The molecule has 2 aromatic heterocycles. The van der Waals surface area contributed by atoms with E-state index in [1.54, 1.807) is 18.4 Å². The predicted molar refractivity (Wildman–Crippen MR) is 105 cm³/mol. The molecule has 0 saturated heterocycles.